The number of aromatic hydroxyl groups is 1. The molecule has 0 saturated heterocycles. The van der Waals surface area contributed by atoms with Crippen LogP contribution in [-0.2, 0) is 10.2 Å². The largest absolute Gasteiger partial charge is 0.508 e. The Labute approximate surface area is 148 Å². The minimum atomic E-state index is -0.131. The van der Waals surface area contributed by atoms with Crippen LogP contribution in [0.2, 0.25) is 0 Å². The molecular weight excluding hydrogens is 318 g/mol. The third-order valence-corrected chi connectivity index (χ3v) is 4.85. The van der Waals surface area contributed by atoms with Crippen molar-refractivity contribution in [3.8, 4) is 5.75 Å². The van der Waals surface area contributed by atoms with Crippen molar-refractivity contribution in [1.82, 2.24) is 5.32 Å². The van der Waals surface area contributed by atoms with Crippen molar-refractivity contribution in [2.75, 3.05) is 5.75 Å². The third-order valence-electron chi connectivity index (χ3n) is 3.84. The van der Waals surface area contributed by atoms with Gasteiger partial charge >= 0.3 is 0 Å². The monoisotopic (exact) mass is 343 g/mol. The van der Waals surface area contributed by atoms with Gasteiger partial charge in [0.2, 0.25) is 5.91 Å². The molecule has 2 N–H and O–H groups in total. The maximum Gasteiger partial charge on any atom is 0.230 e. The van der Waals surface area contributed by atoms with E-state index in [9.17, 15) is 9.90 Å². The summed E-state index contributed by atoms with van der Waals surface area (Å²) in [6, 6.07) is 15.2. The first-order chi connectivity index (χ1) is 11.3. The van der Waals surface area contributed by atoms with E-state index in [0.29, 0.717) is 5.75 Å². The lowest BCUT2D eigenvalue weighted by Crippen LogP contribution is -2.28. The minimum Gasteiger partial charge on any atom is -0.508 e. The van der Waals surface area contributed by atoms with Gasteiger partial charge in [0.25, 0.3) is 0 Å². The minimum absolute atomic E-state index is 0.0178. The van der Waals surface area contributed by atoms with Crippen molar-refractivity contribution in [2.45, 2.75) is 44.0 Å². The topological polar surface area (TPSA) is 49.3 Å². The molecule has 0 fully saturated rings. The van der Waals surface area contributed by atoms with Crippen LogP contribution < -0.4 is 5.32 Å². The number of thioether (sulfide) groups is 1. The molecule has 4 heteroatoms. The van der Waals surface area contributed by atoms with Gasteiger partial charge in [-0.1, -0.05) is 45.0 Å². The Bertz CT molecular complexity index is 690. The van der Waals surface area contributed by atoms with Gasteiger partial charge in [-0.15, -0.1) is 11.8 Å². The predicted octanol–water partition coefficient (Wildman–Crippen LogP) is 4.66. The Morgan fingerprint density at radius 1 is 1.17 bits per heavy atom. The van der Waals surface area contributed by atoms with Gasteiger partial charge in [-0.3, -0.25) is 4.79 Å². The van der Waals surface area contributed by atoms with Crippen molar-refractivity contribution in [1.29, 1.82) is 0 Å². The maximum atomic E-state index is 12.1. The Morgan fingerprint density at radius 2 is 1.83 bits per heavy atom. The van der Waals surface area contributed by atoms with Gasteiger partial charge in [-0.2, -0.15) is 0 Å². The quantitative estimate of drug-likeness (QED) is 0.776. The number of phenols is 1. The van der Waals surface area contributed by atoms with Crippen LogP contribution in [0.25, 0.3) is 0 Å². The number of hydrogen-bond donors (Lipinski definition) is 2. The zero-order chi connectivity index (χ0) is 17.7. The number of amides is 1. The number of benzene rings is 2. The molecule has 2 aromatic rings. The fourth-order valence-corrected chi connectivity index (χ4v) is 3.07. The summed E-state index contributed by atoms with van der Waals surface area (Å²) in [6.45, 7) is 8.47. The Morgan fingerprint density at radius 3 is 2.42 bits per heavy atom. The lowest BCUT2D eigenvalue weighted by molar-refractivity contribution is -0.119. The summed E-state index contributed by atoms with van der Waals surface area (Å²) in [4.78, 5) is 13.2. The van der Waals surface area contributed by atoms with E-state index in [2.05, 4.69) is 50.4 Å². The Balaban J connectivity index is 1.87. The number of carbonyl (C=O) groups is 1. The first kappa shape index (κ1) is 18.4. The Kier molecular flexibility index (Phi) is 5.94. The van der Waals surface area contributed by atoms with Crippen LogP contribution in [0.3, 0.4) is 0 Å². The van der Waals surface area contributed by atoms with E-state index < -0.39 is 0 Å². The molecule has 3 nitrogen and oxygen atoms in total. The second-order valence-corrected chi connectivity index (χ2v) is 8.00. The van der Waals surface area contributed by atoms with Crippen LogP contribution in [-0.4, -0.2) is 16.8 Å². The fourth-order valence-electron chi connectivity index (χ4n) is 2.36. The van der Waals surface area contributed by atoms with Gasteiger partial charge in [-0.05, 0) is 47.7 Å². The number of phenolic OH excluding ortho intramolecular Hbond substituents is 1. The second-order valence-electron chi connectivity index (χ2n) is 6.95. The van der Waals surface area contributed by atoms with E-state index in [4.69, 9.17) is 0 Å². The van der Waals surface area contributed by atoms with Gasteiger partial charge < -0.3 is 10.4 Å². The average molecular weight is 343 g/mol. The molecule has 0 radical (unpaired) electrons. The van der Waals surface area contributed by atoms with Crippen LogP contribution in [0.1, 0.15) is 44.9 Å². The van der Waals surface area contributed by atoms with Crippen molar-refractivity contribution in [3.05, 3.63) is 59.7 Å². The molecule has 1 unspecified atom stereocenters. The van der Waals surface area contributed by atoms with Crippen molar-refractivity contribution in [3.63, 3.8) is 0 Å². The van der Waals surface area contributed by atoms with E-state index in [1.807, 2.05) is 13.0 Å². The van der Waals surface area contributed by atoms with E-state index in [0.717, 1.165) is 10.5 Å². The zero-order valence-corrected chi connectivity index (χ0v) is 15.5. The molecule has 0 saturated carbocycles. The lowest BCUT2D eigenvalue weighted by atomic mass is 9.87. The molecule has 1 amide bonds. The number of hydrogen-bond acceptors (Lipinski definition) is 3. The van der Waals surface area contributed by atoms with Crippen molar-refractivity contribution < 1.29 is 9.90 Å². The molecule has 2 rings (SSSR count). The highest BCUT2D eigenvalue weighted by molar-refractivity contribution is 8.00. The lowest BCUT2D eigenvalue weighted by Gasteiger charge is -2.19. The molecule has 0 aliphatic heterocycles. The van der Waals surface area contributed by atoms with E-state index in [-0.39, 0.29) is 23.1 Å². The summed E-state index contributed by atoms with van der Waals surface area (Å²) in [5.41, 5.74) is 2.31. The number of rotatable bonds is 5. The fraction of sp³-hybridized carbons (Fsp3) is 0.350. The van der Waals surface area contributed by atoms with Crippen LogP contribution in [0.5, 0.6) is 5.75 Å². The molecule has 0 spiro atoms. The summed E-state index contributed by atoms with van der Waals surface area (Å²) < 4.78 is 0. The van der Waals surface area contributed by atoms with Gasteiger partial charge in [-0.25, -0.2) is 0 Å². The first-order valence-electron chi connectivity index (χ1n) is 8.07. The summed E-state index contributed by atoms with van der Waals surface area (Å²) in [6.07, 6.45) is 0. The molecule has 0 heterocycles. The molecule has 0 bridgehead atoms. The average Bonchev–Trinajstić information content (AvgIpc) is 2.52. The molecule has 0 aromatic heterocycles. The molecule has 128 valence electrons. The van der Waals surface area contributed by atoms with Gasteiger partial charge in [0.1, 0.15) is 5.75 Å². The van der Waals surface area contributed by atoms with E-state index in [1.54, 1.807) is 18.2 Å². The molecular formula is C20H25NO2S. The standard InChI is InChI=1S/C20H25NO2S/c1-14(15-6-5-7-17(22)12-15)21-19(23)13-24-18-10-8-16(9-11-18)20(2,3)4/h5-12,14,22H,13H2,1-4H3,(H,21,23). The molecule has 0 aliphatic rings. The smallest absolute Gasteiger partial charge is 0.230 e. The SMILES string of the molecule is CC(NC(=O)CSc1ccc(C(C)(C)C)cc1)c1cccc(O)c1. The normalized spacial score (nSPS) is 12.7. The van der Waals surface area contributed by atoms with Crippen molar-refractivity contribution in [2.24, 2.45) is 0 Å². The van der Waals surface area contributed by atoms with E-state index >= 15 is 0 Å². The highest BCUT2D eigenvalue weighted by atomic mass is 32.2. The first-order valence-corrected chi connectivity index (χ1v) is 9.06. The summed E-state index contributed by atoms with van der Waals surface area (Å²) in [7, 11) is 0. The van der Waals surface area contributed by atoms with Gasteiger partial charge in [0.15, 0.2) is 0 Å². The van der Waals surface area contributed by atoms with Crippen LogP contribution in [0, 0.1) is 0 Å². The zero-order valence-electron chi connectivity index (χ0n) is 14.7. The number of carbonyl (C=O) groups excluding carboxylic acids is 1. The third kappa shape index (κ3) is 5.31. The highest BCUT2D eigenvalue weighted by Gasteiger charge is 2.14. The Hall–Kier alpha value is -1.94. The highest BCUT2D eigenvalue weighted by Crippen LogP contribution is 2.25. The van der Waals surface area contributed by atoms with Crippen LogP contribution in [0.4, 0.5) is 0 Å². The van der Waals surface area contributed by atoms with Gasteiger partial charge in [0.05, 0.1) is 11.8 Å². The van der Waals surface area contributed by atoms with E-state index in [1.165, 1.54) is 17.3 Å². The van der Waals surface area contributed by atoms with Crippen molar-refractivity contribution >= 4 is 17.7 Å². The second kappa shape index (κ2) is 7.75. The van der Waals surface area contributed by atoms with Crippen LogP contribution in [0.15, 0.2) is 53.4 Å². The molecule has 0 aliphatic carbocycles. The van der Waals surface area contributed by atoms with Gasteiger partial charge in [0, 0.05) is 4.90 Å². The predicted molar refractivity (Wildman–Crippen MR) is 101 cm³/mol. The summed E-state index contributed by atoms with van der Waals surface area (Å²) in [5, 5.41) is 12.5. The maximum absolute atomic E-state index is 12.1. The molecule has 1 atom stereocenters. The summed E-state index contributed by atoms with van der Waals surface area (Å²) >= 11 is 1.53. The number of nitrogens with one attached hydrogen (secondary N) is 1. The molecule has 24 heavy (non-hydrogen) atoms. The molecule has 2 aromatic carbocycles. The van der Waals surface area contributed by atoms with Crippen LogP contribution >= 0.6 is 11.8 Å². The summed E-state index contributed by atoms with van der Waals surface area (Å²) in [5.74, 6) is 0.565.